The van der Waals surface area contributed by atoms with Gasteiger partial charge in [-0.3, -0.25) is 0 Å². The fraction of sp³-hybridized carbons (Fsp3) is 0.500. The summed E-state index contributed by atoms with van der Waals surface area (Å²) in [6, 6.07) is 7.60. The van der Waals surface area contributed by atoms with E-state index >= 15 is 0 Å². The summed E-state index contributed by atoms with van der Waals surface area (Å²) < 4.78 is 5.27. The van der Waals surface area contributed by atoms with E-state index in [2.05, 4.69) is 0 Å². The molecule has 0 amide bonds. The molecule has 2 nitrogen and oxygen atoms in total. The van der Waals surface area contributed by atoms with Gasteiger partial charge in [0.2, 0.25) is 0 Å². The van der Waals surface area contributed by atoms with E-state index in [9.17, 15) is 5.11 Å². The highest BCUT2D eigenvalue weighted by molar-refractivity contribution is 6.30. The van der Waals surface area contributed by atoms with Gasteiger partial charge in [-0.1, -0.05) is 23.7 Å². The Morgan fingerprint density at radius 1 is 1.33 bits per heavy atom. The predicted octanol–water partition coefficient (Wildman–Crippen LogP) is 2.84. The van der Waals surface area contributed by atoms with Gasteiger partial charge in [-0.15, -0.1) is 0 Å². The molecular formula is C12H17ClO2. The fourth-order valence-corrected chi connectivity index (χ4v) is 1.59. The number of benzene rings is 1. The smallest absolute Gasteiger partial charge is 0.0500 e. The SMILES string of the molecule is CCOCCC(CO)c1ccc(Cl)cc1. The van der Waals surface area contributed by atoms with Crippen molar-refractivity contribution in [2.45, 2.75) is 19.3 Å². The van der Waals surface area contributed by atoms with E-state index in [1.165, 1.54) is 0 Å². The maximum atomic E-state index is 9.26. The number of ether oxygens (including phenoxy) is 1. The van der Waals surface area contributed by atoms with Crippen molar-refractivity contribution < 1.29 is 9.84 Å². The summed E-state index contributed by atoms with van der Waals surface area (Å²) in [5, 5.41) is 9.98. The van der Waals surface area contributed by atoms with Gasteiger partial charge in [0, 0.05) is 24.2 Å². The summed E-state index contributed by atoms with van der Waals surface area (Å²) in [4.78, 5) is 0. The van der Waals surface area contributed by atoms with Crippen LogP contribution in [0.4, 0.5) is 0 Å². The molecule has 15 heavy (non-hydrogen) atoms. The molecule has 0 saturated carbocycles. The first-order chi connectivity index (χ1) is 7.27. The van der Waals surface area contributed by atoms with Gasteiger partial charge >= 0.3 is 0 Å². The first-order valence-electron chi connectivity index (χ1n) is 5.22. The molecule has 0 aliphatic rings. The summed E-state index contributed by atoms with van der Waals surface area (Å²) in [6.45, 7) is 3.52. The minimum Gasteiger partial charge on any atom is -0.396 e. The van der Waals surface area contributed by atoms with Crippen molar-refractivity contribution in [3.05, 3.63) is 34.9 Å². The first-order valence-corrected chi connectivity index (χ1v) is 5.59. The molecule has 1 atom stereocenters. The molecule has 0 aliphatic heterocycles. The molecule has 0 aliphatic carbocycles. The second-order valence-electron chi connectivity index (χ2n) is 3.42. The zero-order chi connectivity index (χ0) is 11.1. The van der Waals surface area contributed by atoms with Crippen molar-refractivity contribution in [1.29, 1.82) is 0 Å². The van der Waals surface area contributed by atoms with Crippen molar-refractivity contribution >= 4 is 11.6 Å². The molecule has 3 heteroatoms. The lowest BCUT2D eigenvalue weighted by molar-refractivity contribution is 0.130. The van der Waals surface area contributed by atoms with E-state index in [-0.39, 0.29) is 12.5 Å². The molecule has 1 rings (SSSR count). The Morgan fingerprint density at radius 2 is 2.00 bits per heavy atom. The third kappa shape index (κ3) is 4.20. The van der Waals surface area contributed by atoms with Crippen LogP contribution in [0.5, 0.6) is 0 Å². The van der Waals surface area contributed by atoms with Crippen LogP contribution in [0.25, 0.3) is 0 Å². The minimum atomic E-state index is 0.147. The number of hydrogen-bond donors (Lipinski definition) is 1. The average molecular weight is 229 g/mol. The summed E-state index contributed by atoms with van der Waals surface area (Å²) >= 11 is 5.80. The van der Waals surface area contributed by atoms with Gasteiger partial charge in [-0.05, 0) is 31.0 Å². The fourth-order valence-electron chi connectivity index (χ4n) is 1.47. The second kappa shape index (κ2) is 6.83. The molecule has 1 aromatic rings. The summed E-state index contributed by atoms with van der Waals surface area (Å²) in [6.07, 6.45) is 0.839. The van der Waals surface area contributed by atoms with E-state index in [1.54, 1.807) is 0 Å². The number of aliphatic hydroxyl groups excluding tert-OH is 1. The van der Waals surface area contributed by atoms with Gasteiger partial charge < -0.3 is 9.84 Å². The number of aliphatic hydroxyl groups is 1. The Morgan fingerprint density at radius 3 is 2.53 bits per heavy atom. The largest absolute Gasteiger partial charge is 0.396 e. The van der Waals surface area contributed by atoms with Gasteiger partial charge in [0.05, 0.1) is 6.61 Å². The lowest BCUT2D eigenvalue weighted by Crippen LogP contribution is -2.08. The molecule has 0 spiro atoms. The van der Waals surface area contributed by atoms with E-state index in [0.29, 0.717) is 6.61 Å². The maximum absolute atomic E-state index is 9.26. The molecule has 0 fully saturated rings. The quantitative estimate of drug-likeness (QED) is 0.759. The molecule has 0 heterocycles. The van der Waals surface area contributed by atoms with Crippen molar-refractivity contribution in [3.63, 3.8) is 0 Å². The van der Waals surface area contributed by atoms with Crippen molar-refractivity contribution in [3.8, 4) is 0 Å². The van der Waals surface area contributed by atoms with Crippen LogP contribution in [0.15, 0.2) is 24.3 Å². The third-order valence-corrected chi connectivity index (χ3v) is 2.63. The second-order valence-corrected chi connectivity index (χ2v) is 3.85. The highest BCUT2D eigenvalue weighted by atomic mass is 35.5. The van der Waals surface area contributed by atoms with E-state index in [1.807, 2.05) is 31.2 Å². The van der Waals surface area contributed by atoms with Crippen LogP contribution in [0.3, 0.4) is 0 Å². The van der Waals surface area contributed by atoms with Crippen molar-refractivity contribution in [1.82, 2.24) is 0 Å². The first kappa shape index (κ1) is 12.5. The lowest BCUT2D eigenvalue weighted by atomic mass is 9.97. The lowest BCUT2D eigenvalue weighted by Gasteiger charge is -2.14. The monoisotopic (exact) mass is 228 g/mol. The molecule has 0 saturated heterocycles. The maximum Gasteiger partial charge on any atom is 0.0500 e. The van der Waals surface area contributed by atoms with Gasteiger partial charge in [-0.2, -0.15) is 0 Å². The molecular weight excluding hydrogens is 212 g/mol. The van der Waals surface area contributed by atoms with E-state index in [0.717, 1.165) is 23.6 Å². The molecule has 1 aromatic carbocycles. The summed E-state index contributed by atoms with van der Waals surface area (Å²) in [5.41, 5.74) is 1.11. The van der Waals surface area contributed by atoms with Gasteiger partial charge in [-0.25, -0.2) is 0 Å². The molecule has 1 unspecified atom stereocenters. The Labute approximate surface area is 95.8 Å². The van der Waals surface area contributed by atoms with Crippen LogP contribution in [-0.2, 0) is 4.74 Å². The normalized spacial score (nSPS) is 12.7. The van der Waals surface area contributed by atoms with Gasteiger partial charge in [0.1, 0.15) is 0 Å². The molecule has 0 bridgehead atoms. The highest BCUT2D eigenvalue weighted by Gasteiger charge is 2.09. The molecule has 0 aromatic heterocycles. The Balaban J connectivity index is 2.53. The number of rotatable bonds is 6. The topological polar surface area (TPSA) is 29.5 Å². The van der Waals surface area contributed by atoms with Crippen LogP contribution in [0, 0.1) is 0 Å². The van der Waals surface area contributed by atoms with Crippen molar-refractivity contribution in [2.75, 3.05) is 19.8 Å². The molecule has 0 radical (unpaired) electrons. The predicted molar refractivity (Wildman–Crippen MR) is 62.4 cm³/mol. The van der Waals surface area contributed by atoms with E-state index in [4.69, 9.17) is 16.3 Å². The van der Waals surface area contributed by atoms with Crippen LogP contribution in [-0.4, -0.2) is 24.9 Å². The molecule has 84 valence electrons. The van der Waals surface area contributed by atoms with Crippen LogP contribution in [0.1, 0.15) is 24.8 Å². The van der Waals surface area contributed by atoms with Gasteiger partial charge in [0.25, 0.3) is 0 Å². The Hall–Kier alpha value is -0.570. The van der Waals surface area contributed by atoms with Gasteiger partial charge in [0.15, 0.2) is 0 Å². The zero-order valence-corrected chi connectivity index (χ0v) is 9.70. The standard InChI is InChI=1S/C12H17ClO2/c1-2-15-8-7-11(9-14)10-3-5-12(13)6-4-10/h3-6,11,14H,2,7-9H2,1H3. The van der Waals surface area contributed by atoms with Crippen LogP contribution >= 0.6 is 11.6 Å². The summed E-state index contributed by atoms with van der Waals surface area (Å²) in [7, 11) is 0. The number of halogens is 1. The Bertz CT molecular complexity index is 271. The molecule has 1 N–H and O–H groups in total. The zero-order valence-electron chi connectivity index (χ0n) is 8.95. The van der Waals surface area contributed by atoms with Crippen molar-refractivity contribution in [2.24, 2.45) is 0 Å². The third-order valence-electron chi connectivity index (χ3n) is 2.38. The summed E-state index contributed by atoms with van der Waals surface area (Å²) in [5.74, 6) is 0.147. The minimum absolute atomic E-state index is 0.147. The Kier molecular flexibility index (Phi) is 5.69. The van der Waals surface area contributed by atoms with E-state index < -0.39 is 0 Å². The van der Waals surface area contributed by atoms with Crippen LogP contribution in [0.2, 0.25) is 5.02 Å². The average Bonchev–Trinajstić information content (AvgIpc) is 2.26. The highest BCUT2D eigenvalue weighted by Crippen LogP contribution is 2.21. The van der Waals surface area contributed by atoms with Crippen LogP contribution < -0.4 is 0 Å². The number of hydrogen-bond acceptors (Lipinski definition) is 2.